The first-order chi connectivity index (χ1) is 10.0. The first-order valence-corrected chi connectivity index (χ1v) is 7.43. The van der Waals surface area contributed by atoms with E-state index in [0.29, 0.717) is 48.3 Å². The molecule has 0 radical (unpaired) electrons. The third kappa shape index (κ3) is 3.60. The summed E-state index contributed by atoms with van der Waals surface area (Å²) in [6.07, 6.45) is 0.544. The summed E-state index contributed by atoms with van der Waals surface area (Å²) in [5.74, 6) is 0.867. The Hall–Kier alpha value is -1.46. The number of carbonyl (C=O) groups excluding carboxylic acids is 1. The van der Waals surface area contributed by atoms with Crippen molar-refractivity contribution in [1.29, 1.82) is 0 Å². The van der Waals surface area contributed by atoms with Crippen molar-refractivity contribution in [2.24, 2.45) is 0 Å². The zero-order chi connectivity index (χ0) is 15.4. The number of fused-ring (bicyclic) bond motifs is 1. The van der Waals surface area contributed by atoms with Gasteiger partial charge in [0.25, 0.3) is 5.91 Å². The quantitative estimate of drug-likeness (QED) is 0.906. The molecule has 5 nitrogen and oxygen atoms in total. The number of benzene rings is 1. The van der Waals surface area contributed by atoms with E-state index in [4.69, 9.17) is 26.2 Å². The van der Waals surface area contributed by atoms with E-state index in [0.717, 1.165) is 0 Å². The average molecular weight is 314 g/mol. The molecule has 6 heteroatoms. The van der Waals surface area contributed by atoms with Crippen LogP contribution in [0.1, 0.15) is 30.6 Å². The van der Waals surface area contributed by atoms with Crippen molar-refractivity contribution >= 4 is 17.5 Å². The van der Waals surface area contributed by atoms with Gasteiger partial charge in [0.2, 0.25) is 0 Å². The minimum Gasteiger partial charge on any atom is -0.486 e. The molecule has 0 aromatic heterocycles. The first kappa shape index (κ1) is 15.9. The zero-order valence-electron chi connectivity index (χ0n) is 12.3. The van der Waals surface area contributed by atoms with Crippen LogP contribution in [0.3, 0.4) is 0 Å². The van der Waals surface area contributed by atoms with Gasteiger partial charge >= 0.3 is 0 Å². The summed E-state index contributed by atoms with van der Waals surface area (Å²) >= 11 is 6.16. The summed E-state index contributed by atoms with van der Waals surface area (Å²) in [5, 5.41) is 9.33. The van der Waals surface area contributed by atoms with Crippen LogP contribution in [0.25, 0.3) is 0 Å². The summed E-state index contributed by atoms with van der Waals surface area (Å²) in [6, 6.07) is 3.30. The molecular weight excluding hydrogens is 294 g/mol. The Kier molecular flexibility index (Phi) is 5.31. The number of ether oxygens (including phenoxy) is 2. The van der Waals surface area contributed by atoms with Gasteiger partial charge in [0.1, 0.15) is 13.2 Å². The van der Waals surface area contributed by atoms with E-state index in [-0.39, 0.29) is 18.6 Å². The smallest absolute Gasteiger partial charge is 0.254 e. The van der Waals surface area contributed by atoms with Crippen molar-refractivity contribution in [1.82, 2.24) is 4.90 Å². The molecule has 0 unspecified atom stereocenters. The minimum absolute atomic E-state index is 0.0380. The highest BCUT2D eigenvalue weighted by Gasteiger charge is 2.23. The molecule has 21 heavy (non-hydrogen) atoms. The SMILES string of the molecule is CC(C)N(CCCO)C(=O)c1cc(Cl)c2c(c1)OCCO2. The van der Waals surface area contributed by atoms with E-state index in [9.17, 15) is 4.79 Å². The van der Waals surface area contributed by atoms with Crippen LogP contribution in [0.15, 0.2) is 12.1 Å². The predicted molar refractivity (Wildman–Crippen MR) is 80.3 cm³/mol. The molecule has 0 spiro atoms. The average Bonchev–Trinajstić information content (AvgIpc) is 2.47. The van der Waals surface area contributed by atoms with Gasteiger partial charge in [0.05, 0.1) is 5.02 Å². The second kappa shape index (κ2) is 7.00. The van der Waals surface area contributed by atoms with Gasteiger partial charge in [-0.3, -0.25) is 4.79 Å². The van der Waals surface area contributed by atoms with Gasteiger partial charge in [-0.1, -0.05) is 11.6 Å². The molecule has 1 aromatic rings. The molecule has 1 aliphatic rings. The second-order valence-corrected chi connectivity index (χ2v) is 5.56. The Morgan fingerprint density at radius 2 is 2.10 bits per heavy atom. The highest BCUT2D eigenvalue weighted by molar-refractivity contribution is 6.32. The van der Waals surface area contributed by atoms with Crippen LogP contribution < -0.4 is 9.47 Å². The van der Waals surface area contributed by atoms with Gasteiger partial charge < -0.3 is 19.5 Å². The fourth-order valence-corrected chi connectivity index (χ4v) is 2.50. The normalized spacial score (nSPS) is 13.4. The van der Waals surface area contributed by atoms with Crippen molar-refractivity contribution in [3.63, 3.8) is 0 Å². The Morgan fingerprint density at radius 1 is 1.38 bits per heavy atom. The topological polar surface area (TPSA) is 59.0 Å². The van der Waals surface area contributed by atoms with E-state index in [1.54, 1.807) is 17.0 Å². The van der Waals surface area contributed by atoms with E-state index in [1.165, 1.54) is 0 Å². The molecule has 1 aromatic carbocycles. The number of hydrogen-bond donors (Lipinski definition) is 1. The number of aliphatic hydroxyl groups is 1. The molecule has 0 saturated heterocycles. The predicted octanol–water partition coefficient (Wildman–Crippen LogP) is 2.34. The molecule has 0 fully saturated rings. The van der Waals surface area contributed by atoms with Crippen molar-refractivity contribution < 1.29 is 19.4 Å². The monoisotopic (exact) mass is 313 g/mol. The van der Waals surface area contributed by atoms with E-state index < -0.39 is 0 Å². The summed E-state index contributed by atoms with van der Waals surface area (Å²) in [7, 11) is 0. The largest absolute Gasteiger partial charge is 0.486 e. The molecule has 0 bridgehead atoms. The van der Waals surface area contributed by atoms with E-state index in [2.05, 4.69) is 0 Å². The van der Waals surface area contributed by atoms with Gasteiger partial charge in [0, 0.05) is 24.8 Å². The Morgan fingerprint density at radius 3 is 2.76 bits per heavy atom. The molecule has 1 heterocycles. The molecule has 2 rings (SSSR count). The summed E-state index contributed by atoms with van der Waals surface area (Å²) < 4.78 is 10.9. The maximum absolute atomic E-state index is 12.6. The summed E-state index contributed by atoms with van der Waals surface area (Å²) in [6.45, 7) is 5.33. The number of nitrogens with zero attached hydrogens (tertiary/aromatic N) is 1. The van der Waals surface area contributed by atoms with Crippen LogP contribution in [0.4, 0.5) is 0 Å². The number of carbonyl (C=O) groups is 1. The van der Waals surface area contributed by atoms with Gasteiger partial charge in [-0.05, 0) is 32.4 Å². The highest BCUT2D eigenvalue weighted by atomic mass is 35.5. The van der Waals surface area contributed by atoms with E-state index >= 15 is 0 Å². The third-order valence-electron chi connectivity index (χ3n) is 3.29. The maximum atomic E-state index is 12.6. The lowest BCUT2D eigenvalue weighted by Crippen LogP contribution is -2.38. The Balaban J connectivity index is 2.27. The lowest BCUT2D eigenvalue weighted by atomic mass is 10.1. The van der Waals surface area contributed by atoms with Gasteiger partial charge in [-0.2, -0.15) is 0 Å². The van der Waals surface area contributed by atoms with Crippen LogP contribution in [0.5, 0.6) is 11.5 Å². The van der Waals surface area contributed by atoms with Crippen molar-refractivity contribution in [3.05, 3.63) is 22.7 Å². The zero-order valence-corrected chi connectivity index (χ0v) is 13.0. The Bertz CT molecular complexity index is 519. The lowest BCUT2D eigenvalue weighted by Gasteiger charge is -2.27. The fourth-order valence-electron chi connectivity index (χ4n) is 2.24. The molecular formula is C15H20ClNO4. The van der Waals surface area contributed by atoms with Crippen molar-refractivity contribution in [2.75, 3.05) is 26.4 Å². The number of hydrogen-bond acceptors (Lipinski definition) is 4. The molecule has 116 valence electrons. The molecule has 0 atom stereocenters. The minimum atomic E-state index is -0.127. The van der Waals surface area contributed by atoms with Crippen molar-refractivity contribution in [2.45, 2.75) is 26.3 Å². The standard InChI is InChI=1S/C15H20ClNO4/c1-10(2)17(4-3-5-18)15(19)11-8-12(16)14-13(9-11)20-6-7-21-14/h8-10,18H,3-7H2,1-2H3. The number of halogens is 1. The van der Waals surface area contributed by atoms with Gasteiger partial charge in [-0.15, -0.1) is 0 Å². The summed E-state index contributed by atoms with van der Waals surface area (Å²) in [4.78, 5) is 14.3. The number of rotatable bonds is 5. The molecule has 1 aliphatic heterocycles. The highest BCUT2D eigenvalue weighted by Crippen LogP contribution is 2.38. The van der Waals surface area contributed by atoms with Crippen LogP contribution in [-0.4, -0.2) is 48.3 Å². The molecule has 0 saturated carbocycles. The Labute approximate surface area is 129 Å². The molecule has 1 N–H and O–H groups in total. The van der Waals surface area contributed by atoms with Crippen LogP contribution in [0, 0.1) is 0 Å². The fraction of sp³-hybridized carbons (Fsp3) is 0.533. The van der Waals surface area contributed by atoms with Crippen molar-refractivity contribution in [3.8, 4) is 11.5 Å². The third-order valence-corrected chi connectivity index (χ3v) is 3.57. The maximum Gasteiger partial charge on any atom is 0.254 e. The van der Waals surface area contributed by atoms with Crippen LogP contribution >= 0.6 is 11.6 Å². The lowest BCUT2D eigenvalue weighted by molar-refractivity contribution is 0.0692. The molecule has 0 aliphatic carbocycles. The molecule has 1 amide bonds. The summed E-state index contributed by atoms with van der Waals surface area (Å²) in [5.41, 5.74) is 0.468. The second-order valence-electron chi connectivity index (χ2n) is 5.15. The van der Waals surface area contributed by atoms with E-state index in [1.807, 2.05) is 13.8 Å². The number of amides is 1. The van der Waals surface area contributed by atoms with Gasteiger partial charge in [0.15, 0.2) is 11.5 Å². The van der Waals surface area contributed by atoms with Crippen LogP contribution in [-0.2, 0) is 0 Å². The van der Waals surface area contributed by atoms with Crippen LogP contribution in [0.2, 0.25) is 5.02 Å². The number of aliphatic hydroxyl groups excluding tert-OH is 1. The van der Waals surface area contributed by atoms with Gasteiger partial charge in [-0.25, -0.2) is 0 Å². The first-order valence-electron chi connectivity index (χ1n) is 7.05.